The molecule has 1 amide bonds. The molecular formula is C16H18N2O. The highest BCUT2D eigenvalue weighted by Crippen LogP contribution is 2.25. The van der Waals surface area contributed by atoms with Crippen molar-refractivity contribution >= 4 is 11.6 Å². The first kappa shape index (κ1) is 13.3. The zero-order valence-corrected chi connectivity index (χ0v) is 11.5. The topological polar surface area (TPSA) is 42.0 Å². The van der Waals surface area contributed by atoms with Gasteiger partial charge in [0.25, 0.3) is 5.91 Å². The van der Waals surface area contributed by atoms with Gasteiger partial charge in [-0.25, -0.2) is 0 Å². The molecule has 1 aromatic carbocycles. The number of anilines is 1. The van der Waals surface area contributed by atoms with E-state index in [0.717, 1.165) is 11.3 Å². The zero-order chi connectivity index (χ0) is 13.8. The van der Waals surface area contributed by atoms with E-state index in [1.54, 1.807) is 24.4 Å². The number of amides is 1. The van der Waals surface area contributed by atoms with Crippen molar-refractivity contribution in [2.75, 3.05) is 5.32 Å². The molecule has 1 aromatic heterocycles. The fourth-order valence-electron chi connectivity index (χ4n) is 2.10. The van der Waals surface area contributed by atoms with E-state index in [0.29, 0.717) is 11.6 Å². The smallest absolute Gasteiger partial charge is 0.274 e. The molecule has 0 aliphatic carbocycles. The van der Waals surface area contributed by atoms with Crippen molar-refractivity contribution < 1.29 is 4.79 Å². The van der Waals surface area contributed by atoms with Crippen LogP contribution in [0.2, 0.25) is 0 Å². The molecule has 0 fully saturated rings. The number of aromatic nitrogens is 1. The van der Waals surface area contributed by atoms with Crippen molar-refractivity contribution in [1.29, 1.82) is 0 Å². The van der Waals surface area contributed by atoms with Gasteiger partial charge in [0.15, 0.2) is 0 Å². The number of nitrogens with one attached hydrogen (secondary N) is 1. The maximum Gasteiger partial charge on any atom is 0.274 e. The molecule has 1 heterocycles. The van der Waals surface area contributed by atoms with Crippen LogP contribution in [0.4, 0.5) is 5.69 Å². The first-order valence-corrected chi connectivity index (χ1v) is 6.41. The van der Waals surface area contributed by atoms with Gasteiger partial charge in [-0.2, -0.15) is 0 Å². The summed E-state index contributed by atoms with van der Waals surface area (Å²) in [5, 5.41) is 2.92. The van der Waals surface area contributed by atoms with Gasteiger partial charge in [0.2, 0.25) is 0 Å². The first-order chi connectivity index (χ1) is 9.09. The fraction of sp³-hybridized carbons (Fsp3) is 0.250. The summed E-state index contributed by atoms with van der Waals surface area (Å²) in [6, 6.07) is 11.3. The largest absolute Gasteiger partial charge is 0.320 e. The minimum absolute atomic E-state index is 0.176. The molecule has 98 valence electrons. The average Bonchev–Trinajstić information content (AvgIpc) is 2.41. The van der Waals surface area contributed by atoms with Crippen LogP contribution >= 0.6 is 0 Å². The Kier molecular flexibility index (Phi) is 3.95. The highest BCUT2D eigenvalue weighted by atomic mass is 16.1. The van der Waals surface area contributed by atoms with E-state index in [2.05, 4.69) is 30.2 Å². The molecule has 0 aliphatic rings. The zero-order valence-electron chi connectivity index (χ0n) is 11.5. The van der Waals surface area contributed by atoms with Crippen LogP contribution in [0.3, 0.4) is 0 Å². The predicted octanol–water partition coefficient (Wildman–Crippen LogP) is 3.77. The number of pyridine rings is 1. The normalized spacial score (nSPS) is 10.5. The van der Waals surface area contributed by atoms with E-state index in [-0.39, 0.29) is 5.91 Å². The van der Waals surface area contributed by atoms with Crippen molar-refractivity contribution in [3.05, 3.63) is 59.4 Å². The molecule has 0 saturated heterocycles. The maximum absolute atomic E-state index is 12.1. The van der Waals surface area contributed by atoms with Crippen molar-refractivity contribution in [3.8, 4) is 0 Å². The molecule has 0 spiro atoms. The van der Waals surface area contributed by atoms with Crippen LogP contribution in [0.15, 0.2) is 42.6 Å². The minimum Gasteiger partial charge on any atom is -0.320 e. The van der Waals surface area contributed by atoms with Crippen LogP contribution < -0.4 is 5.32 Å². The Hall–Kier alpha value is -2.16. The second kappa shape index (κ2) is 5.65. The van der Waals surface area contributed by atoms with Gasteiger partial charge in [0.1, 0.15) is 5.69 Å². The lowest BCUT2D eigenvalue weighted by molar-refractivity contribution is 0.102. The van der Waals surface area contributed by atoms with Gasteiger partial charge >= 0.3 is 0 Å². The Balaban J connectivity index is 2.25. The highest BCUT2D eigenvalue weighted by Gasteiger charge is 2.11. The Morgan fingerprint density at radius 1 is 1.16 bits per heavy atom. The second-order valence-corrected chi connectivity index (χ2v) is 4.84. The number of hydrogen-bond acceptors (Lipinski definition) is 2. The molecule has 0 atom stereocenters. The summed E-state index contributed by atoms with van der Waals surface area (Å²) in [5.74, 6) is 0.260. The van der Waals surface area contributed by atoms with Gasteiger partial charge < -0.3 is 5.32 Å². The van der Waals surface area contributed by atoms with Gasteiger partial charge in [0, 0.05) is 11.9 Å². The summed E-state index contributed by atoms with van der Waals surface area (Å²) in [6.45, 7) is 6.32. The van der Waals surface area contributed by atoms with Crippen molar-refractivity contribution in [2.45, 2.75) is 26.7 Å². The lowest BCUT2D eigenvalue weighted by Crippen LogP contribution is -2.14. The van der Waals surface area contributed by atoms with E-state index in [1.165, 1.54) is 5.56 Å². The van der Waals surface area contributed by atoms with E-state index in [4.69, 9.17) is 0 Å². The van der Waals surface area contributed by atoms with Crippen LogP contribution in [-0.4, -0.2) is 10.9 Å². The lowest BCUT2D eigenvalue weighted by atomic mass is 9.97. The van der Waals surface area contributed by atoms with E-state index in [9.17, 15) is 4.79 Å². The summed E-state index contributed by atoms with van der Waals surface area (Å²) in [6.07, 6.45) is 1.62. The molecule has 0 bridgehead atoms. The lowest BCUT2D eigenvalue weighted by Gasteiger charge is -2.14. The molecular weight excluding hydrogens is 236 g/mol. The molecule has 3 heteroatoms. The highest BCUT2D eigenvalue weighted by molar-refractivity contribution is 6.03. The Morgan fingerprint density at radius 2 is 1.95 bits per heavy atom. The number of benzene rings is 1. The molecule has 1 N–H and O–H groups in total. The predicted molar refractivity (Wildman–Crippen MR) is 77.5 cm³/mol. The summed E-state index contributed by atoms with van der Waals surface area (Å²) >= 11 is 0. The van der Waals surface area contributed by atoms with Gasteiger partial charge in [-0.3, -0.25) is 9.78 Å². The molecule has 19 heavy (non-hydrogen) atoms. The van der Waals surface area contributed by atoms with Gasteiger partial charge in [0.05, 0.1) is 0 Å². The monoisotopic (exact) mass is 254 g/mol. The average molecular weight is 254 g/mol. The summed E-state index contributed by atoms with van der Waals surface area (Å²) < 4.78 is 0. The number of carbonyl (C=O) groups is 1. The van der Waals surface area contributed by atoms with Gasteiger partial charge in [-0.15, -0.1) is 0 Å². The van der Waals surface area contributed by atoms with Crippen molar-refractivity contribution in [1.82, 2.24) is 4.98 Å². The van der Waals surface area contributed by atoms with E-state index < -0.39 is 0 Å². The Bertz CT molecular complexity index is 577. The molecule has 0 unspecified atom stereocenters. The van der Waals surface area contributed by atoms with Crippen LogP contribution in [0.25, 0.3) is 0 Å². The number of hydrogen-bond donors (Lipinski definition) is 1. The summed E-state index contributed by atoms with van der Waals surface area (Å²) in [7, 11) is 0. The third kappa shape index (κ3) is 2.99. The molecule has 3 nitrogen and oxygen atoms in total. The number of rotatable bonds is 3. The molecule has 2 rings (SSSR count). The fourth-order valence-corrected chi connectivity index (χ4v) is 2.10. The van der Waals surface area contributed by atoms with Crippen LogP contribution in [0.5, 0.6) is 0 Å². The van der Waals surface area contributed by atoms with Crippen LogP contribution in [0, 0.1) is 6.92 Å². The van der Waals surface area contributed by atoms with Crippen LogP contribution in [0.1, 0.15) is 41.4 Å². The Labute approximate surface area is 113 Å². The summed E-state index contributed by atoms with van der Waals surface area (Å²) in [4.78, 5) is 16.1. The van der Waals surface area contributed by atoms with Crippen molar-refractivity contribution in [3.63, 3.8) is 0 Å². The number of nitrogens with zero attached hydrogens (tertiary/aromatic N) is 1. The van der Waals surface area contributed by atoms with Crippen LogP contribution in [-0.2, 0) is 0 Å². The maximum atomic E-state index is 12.1. The molecule has 0 aliphatic heterocycles. The molecule has 2 aromatic rings. The quantitative estimate of drug-likeness (QED) is 0.906. The first-order valence-electron chi connectivity index (χ1n) is 6.41. The van der Waals surface area contributed by atoms with Gasteiger partial charge in [-0.1, -0.05) is 32.0 Å². The van der Waals surface area contributed by atoms with Gasteiger partial charge in [-0.05, 0) is 42.2 Å². The number of carbonyl (C=O) groups excluding carboxylic acids is 1. The van der Waals surface area contributed by atoms with E-state index >= 15 is 0 Å². The van der Waals surface area contributed by atoms with Crippen molar-refractivity contribution in [2.24, 2.45) is 0 Å². The summed E-state index contributed by atoms with van der Waals surface area (Å²) in [5.41, 5.74) is 3.64. The Morgan fingerprint density at radius 3 is 2.58 bits per heavy atom. The third-order valence-corrected chi connectivity index (χ3v) is 3.14. The standard InChI is InChI=1S/C16H18N2O/c1-11(2)13-7-6-9-14(12(13)3)18-16(19)15-8-4-5-10-17-15/h4-11H,1-3H3,(H,18,19). The van der Waals surface area contributed by atoms with E-state index in [1.807, 2.05) is 19.1 Å². The second-order valence-electron chi connectivity index (χ2n) is 4.84. The SMILES string of the molecule is Cc1c(NC(=O)c2ccccn2)cccc1C(C)C. The third-order valence-electron chi connectivity index (χ3n) is 3.14. The minimum atomic E-state index is -0.176. The molecule has 0 radical (unpaired) electrons. The molecule has 0 saturated carbocycles.